The molecule has 0 bridgehead atoms. The molecule has 0 unspecified atom stereocenters. The van der Waals surface area contributed by atoms with Crippen molar-refractivity contribution >= 4 is 17.5 Å². The summed E-state index contributed by atoms with van der Waals surface area (Å²) in [6, 6.07) is 22.8. The molecule has 0 aromatic heterocycles. The lowest BCUT2D eigenvalue weighted by atomic mass is 9.95. The van der Waals surface area contributed by atoms with E-state index in [0.717, 1.165) is 22.4 Å². The highest BCUT2D eigenvalue weighted by Gasteiger charge is 2.28. The molecule has 0 saturated carbocycles. The van der Waals surface area contributed by atoms with E-state index in [1.54, 1.807) is 0 Å². The predicted octanol–water partition coefficient (Wildman–Crippen LogP) is 3.68. The van der Waals surface area contributed by atoms with Crippen LogP contribution in [0, 0.1) is 13.8 Å². The number of nitrogens with one attached hydrogen (secondary N) is 3. The number of hydrogen-bond donors (Lipinski definition) is 3. The summed E-state index contributed by atoms with van der Waals surface area (Å²) < 4.78 is 0. The van der Waals surface area contributed by atoms with E-state index in [4.69, 9.17) is 0 Å². The topological polar surface area (TPSA) is 70.2 Å². The average molecular weight is 428 g/mol. The molecule has 5 nitrogen and oxygen atoms in total. The molecule has 32 heavy (non-hydrogen) atoms. The average Bonchev–Trinajstić information content (AvgIpc) is 2.80. The Morgan fingerprint density at radius 2 is 1.69 bits per heavy atom. The number of carbonyl (C=O) groups excluding carboxylic acids is 2. The third kappa shape index (κ3) is 5.24. The third-order valence-corrected chi connectivity index (χ3v) is 5.95. The second-order valence-electron chi connectivity index (χ2n) is 8.46. The molecule has 1 aliphatic heterocycles. The first kappa shape index (κ1) is 21.8. The van der Waals surface area contributed by atoms with Gasteiger partial charge in [0.1, 0.15) is 6.04 Å². The van der Waals surface area contributed by atoms with Gasteiger partial charge in [0.2, 0.25) is 11.8 Å². The fourth-order valence-electron chi connectivity index (χ4n) is 4.14. The molecule has 3 aromatic carbocycles. The van der Waals surface area contributed by atoms with Crippen LogP contribution in [-0.4, -0.2) is 23.9 Å². The standard InChI is InChI=1S/C27H29N3O2/c1-18-12-13-23(19(2)14-18)29-27(32)25(15-20-8-4-3-5-9-20)30-26(31)24-16-21-10-6-7-11-22(21)17-28-24/h3-14,24-25,28H,15-17H2,1-2H3,(H,29,32)(H,30,31)/t24-,25-/m0/s1. The highest BCUT2D eigenvalue weighted by Crippen LogP contribution is 2.18. The van der Waals surface area contributed by atoms with Gasteiger partial charge in [-0.05, 0) is 48.6 Å². The molecular weight excluding hydrogens is 398 g/mol. The van der Waals surface area contributed by atoms with Crippen molar-refractivity contribution in [2.75, 3.05) is 5.32 Å². The van der Waals surface area contributed by atoms with Gasteiger partial charge < -0.3 is 16.0 Å². The molecule has 5 heteroatoms. The van der Waals surface area contributed by atoms with Gasteiger partial charge >= 0.3 is 0 Å². The van der Waals surface area contributed by atoms with E-state index in [2.05, 4.69) is 28.1 Å². The summed E-state index contributed by atoms with van der Waals surface area (Å²) in [5.41, 5.74) is 6.27. The molecule has 1 aliphatic rings. The van der Waals surface area contributed by atoms with Crippen molar-refractivity contribution in [3.05, 3.63) is 101 Å². The Morgan fingerprint density at radius 1 is 0.969 bits per heavy atom. The highest BCUT2D eigenvalue weighted by atomic mass is 16.2. The van der Waals surface area contributed by atoms with Crippen LogP contribution >= 0.6 is 0 Å². The minimum atomic E-state index is -0.676. The van der Waals surface area contributed by atoms with Gasteiger partial charge in [-0.1, -0.05) is 72.3 Å². The Bertz CT molecular complexity index is 1110. The molecule has 4 rings (SSSR count). The van der Waals surface area contributed by atoms with Crippen LogP contribution in [0.15, 0.2) is 72.8 Å². The summed E-state index contributed by atoms with van der Waals surface area (Å²) in [6.45, 7) is 4.63. The van der Waals surface area contributed by atoms with Crippen LogP contribution in [-0.2, 0) is 29.0 Å². The van der Waals surface area contributed by atoms with Crippen LogP contribution in [0.4, 0.5) is 5.69 Å². The van der Waals surface area contributed by atoms with Crippen molar-refractivity contribution in [2.24, 2.45) is 0 Å². The Hall–Kier alpha value is -3.44. The number of hydrogen-bond acceptors (Lipinski definition) is 3. The monoisotopic (exact) mass is 427 g/mol. The van der Waals surface area contributed by atoms with Gasteiger partial charge in [0.25, 0.3) is 0 Å². The van der Waals surface area contributed by atoms with Crippen molar-refractivity contribution in [3.8, 4) is 0 Å². The summed E-state index contributed by atoms with van der Waals surface area (Å²) >= 11 is 0. The lowest BCUT2D eigenvalue weighted by Gasteiger charge is -2.27. The quantitative estimate of drug-likeness (QED) is 0.562. The maximum atomic E-state index is 13.2. The van der Waals surface area contributed by atoms with Gasteiger partial charge in [0.15, 0.2) is 0 Å². The largest absolute Gasteiger partial charge is 0.343 e. The van der Waals surface area contributed by atoms with Gasteiger partial charge in [0.05, 0.1) is 6.04 Å². The van der Waals surface area contributed by atoms with E-state index >= 15 is 0 Å². The van der Waals surface area contributed by atoms with Crippen LogP contribution in [0.25, 0.3) is 0 Å². The lowest BCUT2D eigenvalue weighted by molar-refractivity contribution is -0.128. The van der Waals surface area contributed by atoms with E-state index in [1.807, 2.05) is 74.5 Å². The number of carbonyl (C=O) groups is 2. The minimum Gasteiger partial charge on any atom is -0.343 e. The Labute approximate surface area is 189 Å². The number of benzene rings is 3. The second kappa shape index (κ2) is 9.79. The zero-order valence-electron chi connectivity index (χ0n) is 18.5. The van der Waals surface area contributed by atoms with Crippen LogP contribution in [0.1, 0.15) is 27.8 Å². The molecule has 2 atom stereocenters. The molecule has 1 heterocycles. The number of anilines is 1. The van der Waals surface area contributed by atoms with Gasteiger partial charge in [-0.2, -0.15) is 0 Å². The first-order valence-electron chi connectivity index (χ1n) is 11.0. The number of aryl methyl sites for hydroxylation is 2. The summed E-state index contributed by atoms with van der Waals surface area (Å²) in [4.78, 5) is 26.3. The minimum absolute atomic E-state index is 0.156. The molecule has 0 fully saturated rings. The third-order valence-electron chi connectivity index (χ3n) is 5.95. The van der Waals surface area contributed by atoms with E-state index in [1.165, 1.54) is 11.1 Å². The second-order valence-corrected chi connectivity index (χ2v) is 8.46. The van der Waals surface area contributed by atoms with E-state index in [9.17, 15) is 9.59 Å². The Balaban J connectivity index is 1.50. The SMILES string of the molecule is Cc1ccc(NC(=O)[C@H](Cc2ccccc2)NC(=O)[C@@H]2Cc3ccccc3CN2)c(C)c1. The number of amides is 2. The summed E-state index contributed by atoms with van der Waals surface area (Å²) in [6.07, 6.45) is 1.03. The molecule has 3 aromatic rings. The van der Waals surface area contributed by atoms with Crippen molar-refractivity contribution in [2.45, 2.75) is 45.3 Å². The van der Waals surface area contributed by atoms with Gasteiger partial charge in [0, 0.05) is 18.7 Å². The fourth-order valence-corrected chi connectivity index (χ4v) is 4.14. The Kier molecular flexibility index (Phi) is 6.66. The van der Waals surface area contributed by atoms with Gasteiger partial charge in [-0.25, -0.2) is 0 Å². The van der Waals surface area contributed by atoms with E-state index in [0.29, 0.717) is 19.4 Å². The van der Waals surface area contributed by atoms with Gasteiger partial charge in [-0.3, -0.25) is 9.59 Å². The molecular formula is C27H29N3O2. The van der Waals surface area contributed by atoms with Crippen molar-refractivity contribution in [3.63, 3.8) is 0 Å². The zero-order chi connectivity index (χ0) is 22.5. The normalized spacial score (nSPS) is 16.0. The van der Waals surface area contributed by atoms with Crippen LogP contribution in [0.2, 0.25) is 0 Å². The summed E-state index contributed by atoms with van der Waals surface area (Å²) in [5, 5.41) is 9.32. The van der Waals surface area contributed by atoms with Gasteiger partial charge in [-0.15, -0.1) is 0 Å². The van der Waals surface area contributed by atoms with Crippen molar-refractivity contribution in [1.29, 1.82) is 0 Å². The first-order chi connectivity index (χ1) is 15.5. The maximum absolute atomic E-state index is 13.2. The summed E-state index contributed by atoms with van der Waals surface area (Å²) in [5.74, 6) is -0.374. The van der Waals surface area contributed by atoms with E-state index < -0.39 is 6.04 Å². The van der Waals surface area contributed by atoms with Crippen molar-refractivity contribution in [1.82, 2.24) is 10.6 Å². The molecule has 2 amide bonds. The maximum Gasteiger partial charge on any atom is 0.247 e. The first-order valence-corrected chi connectivity index (χ1v) is 11.0. The van der Waals surface area contributed by atoms with Crippen LogP contribution < -0.4 is 16.0 Å². The highest BCUT2D eigenvalue weighted by molar-refractivity contribution is 5.98. The smallest absolute Gasteiger partial charge is 0.247 e. The van der Waals surface area contributed by atoms with E-state index in [-0.39, 0.29) is 17.9 Å². The molecule has 3 N–H and O–H groups in total. The predicted molar refractivity (Wildman–Crippen MR) is 127 cm³/mol. The molecule has 0 radical (unpaired) electrons. The Morgan fingerprint density at radius 3 is 2.44 bits per heavy atom. The lowest BCUT2D eigenvalue weighted by Crippen LogP contribution is -2.53. The molecule has 164 valence electrons. The zero-order valence-corrected chi connectivity index (χ0v) is 18.5. The summed E-state index contributed by atoms with van der Waals surface area (Å²) in [7, 11) is 0. The fraction of sp³-hybridized carbons (Fsp3) is 0.259. The van der Waals surface area contributed by atoms with Crippen molar-refractivity contribution < 1.29 is 9.59 Å². The molecule has 0 spiro atoms. The van der Waals surface area contributed by atoms with Crippen LogP contribution in [0.5, 0.6) is 0 Å². The van der Waals surface area contributed by atoms with Crippen LogP contribution in [0.3, 0.4) is 0 Å². The molecule has 0 aliphatic carbocycles. The number of rotatable bonds is 6. The molecule has 0 saturated heterocycles. The number of fused-ring (bicyclic) bond motifs is 1.